The number of benzene rings is 2. The van der Waals surface area contributed by atoms with Crippen molar-refractivity contribution in [3.05, 3.63) is 102 Å². The molecule has 0 aliphatic carbocycles. The van der Waals surface area contributed by atoms with Gasteiger partial charge in [-0.15, -0.1) is 0 Å². The van der Waals surface area contributed by atoms with Gasteiger partial charge < -0.3 is 18.9 Å². The van der Waals surface area contributed by atoms with Gasteiger partial charge in [0.15, 0.2) is 0 Å². The summed E-state index contributed by atoms with van der Waals surface area (Å²) in [6.45, 7) is 6.81. The molecule has 0 N–H and O–H groups in total. The van der Waals surface area contributed by atoms with E-state index in [1.165, 1.54) is 6.08 Å². The third-order valence-corrected chi connectivity index (χ3v) is 3.92. The van der Waals surface area contributed by atoms with Gasteiger partial charge in [-0.25, -0.2) is 14.4 Å². The van der Waals surface area contributed by atoms with Gasteiger partial charge in [0.05, 0.1) is 11.1 Å². The summed E-state index contributed by atoms with van der Waals surface area (Å²) in [5, 5.41) is 0. The van der Waals surface area contributed by atoms with E-state index in [2.05, 4.69) is 6.58 Å². The lowest BCUT2D eigenvalue weighted by Gasteiger charge is -2.08. The normalized spacial score (nSPS) is 11.3. The first kappa shape index (κ1) is 24.1. The average Bonchev–Trinajstić information content (AvgIpc) is 2.81. The van der Waals surface area contributed by atoms with Crippen LogP contribution in [0.1, 0.15) is 34.6 Å². The van der Waals surface area contributed by atoms with Crippen LogP contribution in [0.4, 0.5) is 0 Å². The first-order valence-electron chi connectivity index (χ1n) is 9.75. The Morgan fingerprint density at radius 1 is 0.781 bits per heavy atom. The van der Waals surface area contributed by atoms with Gasteiger partial charge in [-0.3, -0.25) is 0 Å². The Bertz CT molecular complexity index is 1000. The third kappa shape index (κ3) is 8.31. The Morgan fingerprint density at radius 2 is 1.31 bits per heavy atom. The molecular formula is C25H24O7. The van der Waals surface area contributed by atoms with Crippen LogP contribution in [0.5, 0.6) is 5.75 Å². The highest BCUT2D eigenvalue weighted by Crippen LogP contribution is 2.14. The van der Waals surface area contributed by atoms with E-state index in [4.69, 9.17) is 18.9 Å². The summed E-state index contributed by atoms with van der Waals surface area (Å²) in [7, 11) is 0. The van der Waals surface area contributed by atoms with Gasteiger partial charge in [0.2, 0.25) is 0 Å². The van der Waals surface area contributed by atoms with Gasteiger partial charge in [-0.05, 0) is 62.4 Å². The van der Waals surface area contributed by atoms with E-state index in [0.717, 1.165) is 6.08 Å². The van der Waals surface area contributed by atoms with Crippen LogP contribution in [-0.2, 0) is 19.0 Å². The average molecular weight is 436 g/mol. The molecule has 32 heavy (non-hydrogen) atoms. The number of rotatable bonds is 10. The Hall–Kier alpha value is -4.13. The lowest BCUT2D eigenvalue weighted by atomic mass is 10.2. The number of carbonyl (C=O) groups is 3. The van der Waals surface area contributed by atoms with Crippen LogP contribution in [0, 0.1) is 0 Å². The molecule has 0 atom stereocenters. The van der Waals surface area contributed by atoms with Crippen LogP contribution in [-0.4, -0.2) is 31.1 Å². The highest BCUT2D eigenvalue weighted by atomic mass is 16.6. The monoisotopic (exact) mass is 436 g/mol. The summed E-state index contributed by atoms with van der Waals surface area (Å²) in [4.78, 5) is 35.2. The molecule has 0 radical (unpaired) electrons. The lowest BCUT2D eigenvalue weighted by molar-refractivity contribution is -0.138. The highest BCUT2D eigenvalue weighted by molar-refractivity contribution is 5.90. The van der Waals surface area contributed by atoms with Crippen molar-refractivity contribution in [2.75, 3.05) is 13.2 Å². The van der Waals surface area contributed by atoms with Crippen molar-refractivity contribution in [2.45, 2.75) is 13.8 Å². The SMILES string of the molecule is C=CC(=O)OCCOc1ccc(C(=O)O/C(C)=C/C=C(\C)OC(=O)c2ccccc2)cc1. The molecule has 0 bridgehead atoms. The Morgan fingerprint density at radius 3 is 1.84 bits per heavy atom. The van der Waals surface area contributed by atoms with Crippen molar-refractivity contribution >= 4 is 17.9 Å². The maximum atomic E-state index is 12.3. The van der Waals surface area contributed by atoms with Crippen molar-refractivity contribution < 1.29 is 33.3 Å². The molecule has 7 heteroatoms. The first-order valence-corrected chi connectivity index (χ1v) is 9.75. The molecular weight excluding hydrogens is 412 g/mol. The van der Waals surface area contributed by atoms with E-state index in [9.17, 15) is 14.4 Å². The van der Waals surface area contributed by atoms with Crippen LogP contribution in [0.25, 0.3) is 0 Å². The minimum absolute atomic E-state index is 0.0895. The molecule has 0 amide bonds. The second-order valence-electron chi connectivity index (χ2n) is 6.44. The Labute approximate surface area is 186 Å². The zero-order valence-corrected chi connectivity index (χ0v) is 17.9. The van der Waals surface area contributed by atoms with Crippen LogP contribution in [0.15, 0.2) is 90.9 Å². The van der Waals surface area contributed by atoms with E-state index < -0.39 is 17.9 Å². The smallest absolute Gasteiger partial charge is 0.343 e. The molecule has 2 aromatic carbocycles. The van der Waals surface area contributed by atoms with E-state index >= 15 is 0 Å². The molecule has 0 heterocycles. The quantitative estimate of drug-likeness (QED) is 0.134. The second kappa shape index (κ2) is 12.5. The van der Waals surface area contributed by atoms with Gasteiger partial charge in [-0.2, -0.15) is 0 Å². The molecule has 7 nitrogen and oxygen atoms in total. The summed E-state index contributed by atoms with van der Waals surface area (Å²) in [6.07, 6.45) is 4.15. The van der Waals surface area contributed by atoms with Crippen LogP contribution in [0.2, 0.25) is 0 Å². The molecule has 2 aromatic rings. The molecule has 0 saturated heterocycles. The van der Waals surface area contributed by atoms with E-state index in [1.54, 1.807) is 68.5 Å². The summed E-state index contributed by atoms with van der Waals surface area (Å²) in [5.41, 5.74) is 0.775. The van der Waals surface area contributed by atoms with Gasteiger partial charge >= 0.3 is 17.9 Å². The molecule has 0 saturated carbocycles. The number of ether oxygens (including phenoxy) is 4. The van der Waals surface area contributed by atoms with Crippen molar-refractivity contribution in [1.29, 1.82) is 0 Å². The number of carbonyl (C=O) groups excluding carboxylic acids is 3. The zero-order valence-electron chi connectivity index (χ0n) is 17.9. The topological polar surface area (TPSA) is 88.1 Å². The Kier molecular flexibility index (Phi) is 9.46. The number of allylic oxidation sites excluding steroid dienone is 4. The summed E-state index contributed by atoms with van der Waals surface area (Å²) < 4.78 is 20.8. The molecule has 166 valence electrons. The fourth-order valence-electron chi connectivity index (χ4n) is 2.34. The van der Waals surface area contributed by atoms with Crippen LogP contribution in [0.3, 0.4) is 0 Å². The molecule has 0 fully saturated rings. The fourth-order valence-corrected chi connectivity index (χ4v) is 2.34. The third-order valence-electron chi connectivity index (χ3n) is 3.92. The van der Waals surface area contributed by atoms with E-state index in [-0.39, 0.29) is 13.2 Å². The minimum atomic E-state index is -0.544. The van der Waals surface area contributed by atoms with E-state index in [1.807, 2.05) is 6.07 Å². The first-order chi connectivity index (χ1) is 15.4. The van der Waals surface area contributed by atoms with Gasteiger partial charge in [0.25, 0.3) is 0 Å². The van der Waals surface area contributed by atoms with Crippen molar-refractivity contribution in [3.63, 3.8) is 0 Å². The second-order valence-corrected chi connectivity index (χ2v) is 6.44. The number of esters is 3. The maximum Gasteiger partial charge on any atom is 0.343 e. The molecule has 0 aliphatic rings. The zero-order chi connectivity index (χ0) is 23.3. The molecule has 0 spiro atoms. The molecule has 0 unspecified atom stereocenters. The highest BCUT2D eigenvalue weighted by Gasteiger charge is 2.09. The molecule has 2 rings (SSSR count). The maximum absolute atomic E-state index is 12.3. The predicted molar refractivity (Wildman–Crippen MR) is 118 cm³/mol. The molecule has 0 aliphatic heterocycles. The standard InChI is InChI=1S/C25H24O7/c1-4-23(26)30-17-16-29-22-14-12-21(13-15-22)25(28)32-19(3)11-10-18(2)31-24(27)20-8-6-5-7-9-20/h4-15H,1,16-17H2,2-3H3/b18-10+,19-11+. The fraction of sp³-hybridized carbons (Fsp3) is 0.160. The predicted octanol–water partition coefficient (Wildman–Crippen LogP) is 4.62. The largest absolute Gasteiger partial charge is 0.490 e. The summed E-state index contributed by atoms with van der Waals surface area (Å²) in [5.74, 6) is -0.332. The van der Waals surface area contributed by atoms with Crippen LogP contribution >= 0.6 is 0 Å². The Balaban J connectivity index is 1.83. The summed E-state index contributed by atoms with van der Waals surface area (Å²) in [6, 6.07) is 15.0. The van der Waals surface area contributed by atoms with Crippen molar-refractivity contribution in [2.24, 2.45) is 0 Å². The minimum Gasteiger partial charge on any atom is -0.490 e. The van der Waals surface area contributed by atoms with Crippen molar-refractivity contribution in [1.82, 2.24) is 0 Å². The summed E-state index contributed by atoms with van der Waals surface area (Å²) >= 11 is 0. The van der Waals surface area contributed by atoms with Crippen LogP contribution < -0.4 is 4.74 Å². The number of hydrogen-bond donors (Lipinski definition) is 0. The van der Waals surface area contributed by atoms with E-state index in [0.29, 0.717) is 28.4 Å². The molecule has 0 aromatic heterocycles. The number of hydrogen-bond acceptors (Lipinski definition) is 7. The van der Waals surface area contributed by atoms with Gasteiger partial charge in [-0.1, -0.05) is 24.8 Å². The van der Waals surface area contributed by atoms with Crippen molar-refractivity contribution in [3.8, 4) is 5.75 Å². The van der Waals surface area contributed by atoms with Gasteiger partial charge in [0, 0.05) is 6.08 Å². The lowest BCUT2D eigenvalue weighted by Crippen LogP contribution is -2.10. The van der Waals surface area contributed by atoms with Gasteiger partial charge in [0.1, 0.15) is 30.5 Å².